The summed E-state index contributed by atoms with van der Waals surface area (Å²) in [7, 11) is 0. The normalized spacial score (nSPS) is 23.4. The lowest BCUT2D eigenvalue weighted by Crippen LogP contribution is -2.40. The lowest BCUT2D eigenvalue weighted by Gasteiger charge is -2.25. The number of aliphatic hydroxyl groups is 1. The van der Waals surface area contributed by atoms with E-state index >= 15 is 0 Å². The number of carbonyl (C=O) groups is 1. The van der Waals surface area contributed by atoms with Gasteiger partial charge >= 0.3 is 0 Å². The summed E-state index contributed by atoms with van der Waals surface area (Å²) in [6, 6.07) is 4.41. The first-order chi connectivity index (χ1) is 8.54. The number of hydrogen-bond acceptors (Lipinski definition) is 2. The molecule has 0 saturated carbocycles. The molecule has 0 aromatic heterocycles. The summed E-state index contributed by atoms with van der Waals surface area (Å²) in [5.74, 6) is -0.556. The fraction of sp³-hybridized carbons (Fsp3) is 0.500. The molecule has 2 unspecified atom stereocenters. The molecule has 4 heteroatoms. The smallest absolute Gasteiger partial charge is 0.257 e. The highest BCUT2D eigenvalue weighted by molar-refractivity contribution is 5.95. The second-order valence-electron chi connectivity index (χ2n) is 5.00. The van der Waals surface area contributed by atoms with E-state index in [1.165, 1.54) is 12.1 Å². The van der Waals surface area contributed by atoms with Crippen molar-refractivity contribution in [1.82, 2.24) is 4.90 Å². The van der Waals surface area contributed by atoms with Gasteiger partial charge in [-0.3, -0.25) is 4.79 Å². The van der Waals surface area contributed by atoms with E-state index in [2.05, 4.69) is 0 Å². The highest BCUT2D eigenvalue weighted by atomic mass is 19.1. The molecule has 1 aliphatic heterocycles. The Hall–Kier alpha value is -1.42. The first kappa shape index (κ1) is 13.0. The van der Waals surface area contributed by atoms with Gasteiger partial charge in [0.1, 0.15) is 5.82 Å². The van der Waals surface area contributed by atoms with Crippen molar-refractivity contribution in [3.8, 4) is 0 Å². The highest BCUT2D eigenvalue weighted by Crippen LogP contribution is 2.26. The van der Waals surface area contributed by atoms with Crippen LogP contribution in [0.5, 0.6) is 0 Å². The van der Waals surface area contributed by atoms with Gasteiger partial charge in [0.15, 0.2) is 0 Å². The molecule has 1 amide bonds. The van der Waals surface area contributed by atoms with Crippen LogP contribution < -0.4 is 0 Å². The van der Waals surface area contributed by atoms with E-state index in [9.17, 15) is 14.3 Å². The molecular weight excluding hydrogens is 233 g/mol. The number of halogens is 1. The van der Waals surface area contributed by atoms with E-state index < -0.39 is 5.82 Å². The van der Waals surface area contributed by atoms with E-state index in [4.69, 9.17) is 0 Å². The van der Waals surface area contributed by atoms with Crippen LogP contribution in [-0.2, 0) is 0 Å². The van der Waals surface area contributed by atoms with Crippen LogP contribution in [-0.4, -0.2) is 35.1 Å². The Morgan fingerprint density at radius 3 is 2.89 bits per heavy atom. The van der Waals surface area contributed by atoms with Crippen molar-refractivity contribution in [2.24, 2.45) is 5.92 Å². The molecule has 1 saturated heterocycles. The third kappa shape index (κ3) is 2.25. The quantitative estimate of drug-likeness (QED) is 0.873. The standard InChI is InChI=1S/C14H18FNO2/c1-9-3-4-11(12(15)7-9)14(18)16-6-5-10(2)13(16)8-17/h3-4,7,10,13,17H,5-6,8H2,1-2H3. The summed E-state index contributed by atoms with van der Waals surface area (Å²) in [6.45, 7) is 4.30. The van der Waals surface area contributed by atoms with Crippen molar-refractivity contribution in [3.63, 3.8) is 0 Å². The van der Waals surface area contributed by atoms with E-state index in [1.54, 1.807) is 17.9 Å². The summed E-state index contributed by atoms with van der Waals surface area (Å²) < 4.78 is 13.8. The van der Waals surface area contributed by atoms with Gasteiger partial charge in [0, 0.05) is 6.54 Å². The minimum absolute atomic E-state index is 0.0691. The van der Waals surface area contributed by atoms with E-state index in [-0.39, 0.29) is 30.0 Å². The van der Waals surface area contributed by atoms with Crippen molar-refractivity contribution in [2.75, 3.05) is 13.2 Å². The van der Waals surface area contributed by atoms with Crippen molar-refractivity contribution in [3.05, 3.63) is 35.1 Å². The number of rotatable bonds is 2. The average molecular weight is 251 g/mol. The Labute approximate surface area is 106 Å². The molecule has 0 aliphatic carbocycles. The molecule has 0 radical (unpaired) electrons. The molecule has 2 atom stereocenters. The number of aliphatic hydroxyl groups excluding tert-OH is 1. The Bertz CT molecular complexity index is 461. The fourth-order valence-corrected chi connectivity index (χ4v) is 2.49. The summed E-state index contributed by atoms with van der Waals surface area (Å²) in [4.78, 5) is 13.9. The molecule has 1 aliphatic rings. The average Bonchev–Trinajstić information content (AvgIpc) is 2.69. The number of likely N-dealkylation sites (tertiary alicyclic amines) is 1. The highest BCUT2D eigenvalue weighted by Gasteiger charge is 2.35. The molecule has 1 aromatic rings. The van der Waals surface area contributed by atoms with E-state index in [0.29, 0.717) is 6.54 Å². The van der Waals surface area contributed by atoms with Crippen LogP contribution in [0.15, 0.2) is 18.2 Å². The molecule has 1 N–H and O–H groups in total. The lowest BCUT2D eigenvalue weighted by atomic mass is 10.0. The van der Waals surface area contributed by atoms with E-state index in [0.717, 1.165) is 12.0 Å². The number of carbonyl (C=O) groups excluding carboxylic acids is 1. The number of nitrogens with zero attached hydrogens (tertiary/aromatic N) is 1. The zero-order valence-corrected chi connectivity index (χ0v) is 10.7. The summed E-state index contributed by atoms with van der Waals surface area (Å²) in [5.41, 5.74) is 0.880. The molecule has 1 heterocycles. The number of benzene rings is 1. The van der Waals surface area contributed by atoms with Crippen molar-refractivity contribution in [1.29, 1.82) is 0 Å². The van der Waals surface area contributed by atoms with Gasteiger partial charge in [-0.25, -0.2) is 4.39 Å². The van der Waals surface area contributed by atoms with Crippen LogP contribution in [0.3, 0.4) is 0 Å². The predicted octanol–water partition coefficient (Wildman–Crippen LogP) is 1.98. The summed E-state index contributed by atoms with van der Waals surface area (Å²) in [6.07, 6.45) is 0.852. The van der Waals surface area contributed by atoms with Gasteiger partial charge in [0.05, 0.1) is 18.2 Å². The van der Waals surface area contributed by atoms with Gasteiger partial charge in [0.2, 0.25) is 0 Å². The van der Waals surface area contributed by atoms with Gasteiger partial charge in [-0.05, 0) is 37.0 Å². The van der Waals surface area contributed by atoms with Crippen molar-refractivity contribution < 1.29 is 14.3 Å². The Kier molecular flexibility index (Phi) is 3.66. The van der Waals surface area contributed by atoms with E-state index in [1.807, 2.05) is 6.92 Å². The molecule has 98 valence electrons. The Morgan fingerprint density at radius 1 is 1.56 bits per heavy atom. The zero-order valence-electron chi connectivity index (χ0n) is 10.7. The van der Waals surface area contributed by atoms with Crippen molar-refractivity contribution in [2.45, 2.75) is 26.3 Å². The van der Waals surface area contributed by atoms with Crippen LogP contribution in [0, 0.1) is 18.7 Å². The maximum atomic E-state index is 13.8. The number of aryl methyl sites for hydroxylation is 1. The number of hydrogen-bond donors (Lipinski definition) is 1. The maximum Gasteiger partial charge on any atom is 0.257 e. The van der Waals surface area contributed by atoms with Gasteiger partial charge in [-0.1, -0.05) is 13.0 Å². The van der Waals surface area contributed by atoms with Gasteiger partial charge in [-0.2, -0.15) is 0 Å². The zero-order chi connectivity index (χ0) is 13.3. The minimum atomic E-state index is -0.490. The van der Waals surface area contributed by atoms with Crippen LogP contribution in [0.2, 0.25) is 0 Å². The monoisotopic (exact) mass is 251 g/mol. The fourth-order valence-electron chi connectivity index (χ4n) is 2.49. The Balaban J connectivity index is 2.26. The van der Waals surface area contributed by atoms with Gasteiger partial charge < -0.3 is 10.0 Å². The molecule has 1 fully saturated rings. The SMILES string of the molecule is Cc1ccc(C(=O)N2CCC(C)C2CO)c(F)c1. The largest absolute Gasteiger partial charge is 0.394 e. The molecule has 2 rings (SSSR count). The van der Waals surface area contributed by atoms with Gasteiger partial charge in [-0.15, -0.1) is 0 Å². The lowest BCUT2D eigenvalue weighted by molar-refractivity contribution is 0.0643. The third-order valence-electron chi connectivity index (χ3n) is 3.69. The summed E-state index contributed by atoms with van der Waals surface area (Å²) in [5, 5.41) is 9.33. The minimum Gasteiger partial charge on any atom is -0.394 e. The maximum absolute atomic E-state index is 13.8. The topological polar surface area (TPSA) is 40.5 Å². The predicted molar refractivity (Wildman–Crippen MR) is 66.8 cm³/mol. The van der Waals surface area contributed by atoms with Gasteiger partial charge in [0.25, 0.3) is 5.91 Å². The molecular formula is C14H18FNO2. The first-order valence-electron chi connectivity index (χ1n) is 6.22. The summed E-state index contributed by atoms with van der Waals surface area (Å²) >= 11 is 0. The molecule has 0 spiro atoms. The van der Waals surface area contributed by atoms with Crippen LogP contribution in [0.25, 0.3) is 0 Å². The molecule has 0 bridgehead atoms. The molecule has 3 nitrogen and oxygen atoms in total. The van der Waals surface area contributed by atoms with Crippen molar-refractivity contribution >= 4 is 5.91 Å². The van der Waals surface area contributed by atoms with Crippen LogP contribution >= 0.6 is 0 Å². The third-order valence-corrected chi connectivity index (χ3v) is 3.69. The van der Waals surface area contributed by atoms with Crippen LogP contribution in [0.4, 0.5) is 4.39 Å². The first-order valence-corrected chi connectivity index (χ1v) is 6.22. The second-order valence-corrected chi connectivity index (χ2v) is 5.00. The number of amides is 1. The van der Waals surface area contributed by atoms with Crippen LogP contribution in [0.1, 0.15) is 29.3 Å². The molecule has 18 heavy (non-hydrogen) atoms. The molecule has 1 aromatic carbocycles. The second kappa shape index (κ2) is 5.06. The Morgan fingerprint density at radius 2 is 2.28 bits per heavy atom.